The van der Waals surface area contributed by atoms with Crippen LogP contribution in [0, 0.1) is 10.1 Å². The monoisotopic (exact) mass is 308 g/mol. The first-order valence-corrected chi connectivity index (χ1v) is 8.68. The smallest absolute Gasteiger partial charge is 0.273 e. The summed E-state index contributed by atoms with van der Waals surface area (Å²) in [5.41, 5.74) is -0.739. The summed E-state index contributed by atoms with van der Waals surface area (Å²) in [7, 11) is -7.18. The number of sulfonamides is 1. The van der Waals surface area contributed by atoms with E-state index < -0.39 is 36.1 Å². The van der Waals surface area contributed by atoms with Crippen molar-refractivity contribution >= 4 is 37.0 Å². The third kappa shape index (κ3) is 3.35. The van der Waals surface area contributed by atoms with E-state index in [0.29, 0.717) is 3.71 Å². The molecule has 1 atom stereocenters. The normalized spacial score (nSPS) is 14.6. The van der Waals surface area contributed by atoms with E-state index in [2.05, 4.69) is 5.87 Å². The summed E-state index contributed by atoms with van der Waals surface area (Å²) in [5.74, 6) is 2.57. The van der Waals surface area contributed by atoms with Gasteiger partial charge in [-0.1, -0.05) is 0 Å². The van der Waals surface area contributed by atoms with Crippen molar-refractivity contribution in [1.29, 1.82) is 0 Å². The minimum absolute atomic E-state index is 0.324. The fourth-order valence-electron chi connectivity index (χ4n) is 1.45. The number of rotatable bonds is 4. The molecule has 0 aliphatic rings. The summed E-state index contributed by atoms with van der Waals surface area (Å²) in [4.78, 5) is 9.77. The molecule has 0 saturated heterocycles. The van der Waals surface area contributed by atoms with Crippen molar-refractivity contribution in [2.45, 2.75) is 0 Å². The largest absolute Gasteiger partial charge is 0.505 e. The van der Waals surface area contributed by atoms with Gasteiger partial charge in [-0.2, -0.15) is 3.71 Å². The predicted molar refractivity (Wildman–Crippen MR) is 73.3 cm³/mol. The van der Waals surface area contributed by atoms with Crippen LogP contribution in [0.5, 0.6) is 5.75 Å². The van der Waals surface area contributed by atoms with Gasteiger partial charge < -0.3 is 5.11 Å². The number of hydrogen-bond donors (Lipinski definition) is 1. The number of aromatic hydroxyl groups is 1. The Labute approximate surface area is 110 Å². The highest BCUT2D eigenvalue weighted by atomic mass is 32.3. The molecule has 1 N–H and O–H groups in total. The van der Waals surface area contributed by atoms with Crippen molar-refractivity contribution in [3.05, 3.63) is 28.3 Å². The van der Waals surface area contributed by atoms with Gasteiger partial charge in [0.2, 0.25) is 10.0 Å². The maximum atomic E-state index is 11.9. The van der Waals surface area contributed by atoms with Crippen molar-refractivity contribution in [1.82, 2.24) is 0 Å². The number of nitrogens with zero attached hydrogens (tertiary/aromatic N) is 2. The van der Waals surface area contributed by atoms with Crippen molar-refractivity contribution in [2.75, 3.05) is 16.2 Å². The van der Waals surface area contributed by atoms with E-state index in [1.54, 1.807) is 0 Å². The summed E-state index contributed by atoms with van der Waals surface area (Å²) >= 11 is 0. The summed E-state index contributed by atoms with van der Waals surface area (Å²) in [6.45, 7) is 0. The molecule has 1 rings (SSSR count). The lowest BCUT2D eigenvalue weighted by Crippen LogP contribution is -2.35. The molecule has 10 heteroatoms. The molecule has 0 aliphatic heterocycles. The lowest BCUT2D eigenvalue weighted by Gasteiger charge is -2.23. The van der Waals surface area contributed by atoms with Crippen molar-refractivity contribution in [3.8, 4) is 5.75 Å². The lowest BCUT2D eigenvalue weighted by atomic mass is 10.2. The van der Waals surface area contributed by atoms with Gasteiger partial charge in [-0.05, 0) is 11.9 Å². The molecule has 1 aromatic rings. The first kappa shape index (κ1) is 15.2. The third-order valence-electron chi connectivity index (χ3n) is 2.02. The van der Waals surface area contributed by atoms with Crippen molar-refractivity contribution < 1.29 is 22.7 Å². The fourth-order valence-corrected chi connectivity index (χ4v) is 4.83. The van der Waals surface area contributed by atoms with Gasteiger partial charge in [-0.3, -0.25) is 10.1 Å². The molecular formula is C9H12N2O6S2. The first-order chi connectivity index (χ1) is 8.44. The van der Waals surface area contributed by atoms with Crippen LogP contribution < -0.4 is 3.71 Å². The second-order valence-electron chi connectivity index (χ2n) is 3.88. The van der Waals surface area contributed by atoms with Crippen LogP contribution in [0.4, 0.5) is 11.4 Å². The fraction of sp³-hybridized carbons (Fsp3) is 0.222. The van der Waals surface area contributed by atoms with Gasteiger partial charge in [0.25, 0.3) is 5.69 Å². The standard InChI is InChI=1S/C9H12N2O6S2/c1-18(2,15)11(19(3,16)17)8-5-4-7(10(13)14)6-9(8)12/h4-6,12H,1H2,2-3H3. The van der Waals surface area contributed by atoms with Gasteiger partial charge in [0.05, 0.1) is 27.0 Å². The number of nitro benzene ring substituents is 1. The maximum Gasteiger partial charge on any atom is 0.273 e. The van der Waals surface area contributed by atoms with E-state index in [1.165, 1.54) is 0 Å². The van der Waals surface area contributed by atoms with Crippen molar-refractivity contribution in [2.24, 2.45) is 0 Å². The number of non-ortho nitro benzene ring substituents is 1. The molecule has 0 radical (unpaired) electrons. The third-order valence-corrected chi connectivity index (χ3v) is 5.47. The highest BCUT2D eigenvalue weighted by molar-refractivity contribution is 8.14. The average molecular weight is 308 g/mol. The van der Waals surface area contributed by atoms with E-state index in [0.717, 1.165) is 30.7 Å². The minimum Gasteiger partial charge on any atom is -0.505 e. The highest BCUT2D eigenvalue weighted by Crippen LogP contribution is 2.33. The molecule has 0 amide bonds. The minimum atomic E-state index is -3.97. The Kier molecular flexibility index (Phi) is 3.77. The van der Waals surface area contributed by atoms with Crippen LogP contribution >= 0.6 is 0 Å². The quantitative estimate of drug-likeness (QED) is 0.486. The first-order valence-electron chi connectivity index (χ1n) is 4.74. The number of anilines is 1. The van der Waals surface area contributed by atoms with E-state index in [9.17, 15) is 27.8 Å². The Balaban J connectivity index is 3.55. The molecule has 1 unspecified atom stereocenters. The molecule has 106 valence electrons. The molecule has 0 saturated carbocycles. The van der Waals surface area contributed by atoms with Crippen LogP contribution in [0.1, 0.15) is 0 Å². The molecule has 0 fully saturated rings. The van der Waals surface area contributed by atoms with Gasteiger partial charge in [0.15, 0.2) is 0 Å². The van der Waals surface area contributed by atoms with Crippen LogP contribution in [0.25, 0.3) is 0 Å². The molecule has 1 aromatic carbocycles. The van der Waals surface area contributed by atoms with Gasteiger partial charge in [0.1, 0.15) is 11.4 Å². The molecule has 0 heterocycles. The Hall–Kier alpha value is -1.81. The van der Waals surface area contributed by atoms with Crippen LogP contribution in [-0.2, 0) is 19.7 Å². The zero-order valence-corrected chi connectivity index (χ0v) is 11.8. The maximum absolute atomic E-state index is 11.9. The van der Waals surface area contributed by atoms with Gasteiger partial charge >= 0.3 is 0 Å². The molecular weight excluding hydrogens is 296 g/mol. The van der Waals surface area contributed by atoms with E-state index >= 15 is 0 Å². The van der Waals surface area contributed by atoms with Crippen LogP contribution in [0.3, 0.4) is 0 Å². The number of nitro groups is 1. The lowest BCUT2D eigenvalue weighted by molar-refractivity contribution is -0.384. The topological polar surface area (TPSA) is 118 Å². The number of benzene rings is 1. The molecule has 0 bridgehead atoms. The zero-order chi connectivity index (χ0) is 15.0. The summed E-state index contributed by atoms with van der Waals surface area (Å²) < 4.78 is 35.6. The average Bonchev–Trinajstić information content (AvgIpc) is 2.16. The molecule has 0 aromatic heterocycles. The number of phenolic OH excluding ortho intramolecular Hbond substituents is 1. The van der Waals surface area contributed by atoms with Crippen LogP contribution in [0.2, 0.25) is 0 Å². The Morgan fingerprint density at radius 2 is 1.84 bits per heavy atom. The molecule has 8 nitrogen and oxygen atoms in total. The Bertz CT molecular complexity index is 691. The predicted octanol–water partition coefficient (Wildman–Crippen LogP) is 0.328. The summed E-state index contributed by atoms with van der Waals surface area (Å²) in [6.07, 6.45) is 1.87. The number of phenols is 1. The molecule has 0 spiro atoms. The second kappa shape index (κ2) is 4.70. The summed E-state index contributed by atoms with van der Waals surface area (Å²) in [6, 6.07) is 2.78. The van der Waals surface area contributed by atoms with Gasteiger partial charge in [-0.25, -0.2) is 12.6 Å². The van der Waals surface area contributed by atoms with E-state index in [4.69, 9.17) is 0 Å². The van der Waals surface area contributed by atoms with Crippen LogP contribution in [-0.4, -0.2) is 41.0 Å². The van der Waals surface area contributed by atoms with Crippen LogP contribution in [0.15, 0.2) is 18.2 Å². The zero-order valence-electron chi connectivity index (χ0n) is 10.1. The van der Waals surface area contributed by atoms with E-state index in [1.807, 2.05) is 0 Å². The molecule has 19 heavy (non-hydrogen) atoms. The second-order valence-corrected chi connectivity index (χ2v) is 8.23. The van der Waals surface area contributed by atoms with Crippen molar-refractivity contribution in [3.63, 3.8) is 0 Å². The Morgan fingerprint density at radius 1 is 1.32 bits per heavy atom. The van der Waals surface area contributed by atoms with Gasteiger partial charge in [-0.15, -0.1) is 0 Å². The SMILES string of the molecule is C=S(C)(=O)N(c1ccc([N+](=O)[O-])cc1O)S(C)(=O)=O. The summed E-state index contributed by atoms with van der Waals surface area (Å²) in [5, 5.41) is 20.2. The number of hydrogen-bond acceptors (Lipinski definition) is 6. The molecule has 0 aliphatic carbocycles. The van der Waals surface area contributed by atoms with E-state index in [-0.39, 0.29) is 5.69 Å². The highest BCUT2D eigenvalue weighted by Gasteiger charge is 2.26. The Morgan fingerprint density at radius 3 is 2.16 bits per heavy atom. The van der Waals surface area contributed by atoms with Gasteiger partial charge in [0, 0.05) is 12.3 Å².